The van der Waals surface area contributed by atoms with Crippen molar-refractivity contribution in [3.05, 3.63) is 58.7 Å². The zero-order valence-electron chi connectivity index (χ0n) is 15.7. The summed E-state index contributed by atoms with van der Waals surface area (Å²) in [5.41, 5.74) is 5.91. The van der Waals surface area contributed by atoms with Crippen LogP contribution >= 0.6 is 0 Å². The lowest BCUT2D eigenvalue weighted by Gasteiger charge is -2.21. The first-order chi connectivity index (χ1) is 12.3. The minimum atomic E-state index is 0.343. The van der Waals surface area contributed by atoms with E-state index in [-0.39, 0.29) is 0 Å². The standard InChI is InChI=1S/C20H23NO2.C2H6/c1-2-16-5-3-6-17-13-21(10-4-7-18(16)17)12-15-8-9-19-20(11-15)23-14-22-19;1-2/h3,5-6,8-9,11H,2,4,7,10,12-14H2,1H3;1-2H3. The topological polar surface area (TPSA) is 21.7 Å². The molecule has 2 aromatic rings. The average Bonchev–Trinajstić information content (AvgIpc) is 3.02. The Kier molecular flexibility index (Phi) is 5.98. The molecule has 0 N–H and O–H groups in total. The molecule has 3 heteroatoms. The van der Waals surface area contributed by atoms with Crippen LogP contribution < -0.4 is 9.47 Å². The van der Waals surface area contributed by atoms with E-state index in [4.69, 9.17) is 9.47 Å². The maximum absolute atomic E-state index is 5.50. The van der Waals surface area contributed by atoms with Crippen molar-refractivity contribution in [1.29, 1.82) is 0 Å². The Bertz CT molecular complexity index is 711. The van der Waals surface area contributed by atoms with Crippen LogP contribution in [-0.4, -0.2) is 18.2 Å². The molecule has 25 heavy (non-hydrogen) atoms. The van der Waals surface area contributed by atoms with E-state index < -0.39 is 0 Å². The molecule has 2 aromatic carbocycles. The predicted octanol–water partition coefficient (Wildman–Crippen LogP) is 4.95. The summed E-state index contributed by atoms with van der Waals surface area (Å²) in [4.78, 5) is 2.54. The lowest BCUT2D eigenvalue weighted by molar-refractivity contribution is 0.174. The fourth-order valence-electron chi connectivity index (χ4n) is 3.72. The fraction of sp³-hybridized carbons (Fsp3) is 0.455. The van der Waals surface area contributed by atoms with E-state index in [1.54, 1.807) is 5.56 Å². The van der Waals surface area contributed by atoms with E-state index >= 15 is 0 Å². The Balaban J connectivity index is 0.000000880. The minimum Gasteiger partial charge on any atom is -0.454 e. The molecule has 0 bridgehead atoms. The predicted molar refractivity (Wildman–Crippen MR) is 102 cm³/mol. The summed E-state index contributed by atoms with van der Waals surface area (Å²) in [6.07, 6.45) is 3.57. The molecule has 134 valence electrons. The number of ether oxygens (including phenoxy) is 2. The highest BCUT2D eigenvalue weighted by atomic mass is 16.7. The molecule has 3 nitrogen and oxygen atoms in total. The van der Waals surface area contributed by atoms with Gasteiger partial charge in [-0.1, -0.05) is 45.0 Å². The largest absolute Gasteiger partial charge is 0.454 e. The van der Waals surface area contributed by atoms with Crippen molar-refractivity contribution < 1.29 is 9.47 Å². The number of nitrogens with zero attached hydrogens (tertiary/aromatic N) is 1. The van der Waals surface area contributed by atoms with E-state index in [1.165, 1.54) is 29.5 Å². The molecular formula is C22H29NO2. The lowest BCUT2D eigenvalue weighted by Crippen LogP contribution is -2.22. The fourth-order valence-corrected chi connectivity index (χ4v) is 3.72. The molecule has 0 spiro atoms. The molecule has 4 rings (SSSR count). The average molecular weight is 339 g/mol. The molecule has 0 aliphatic carbocycles. The number of hydrogen-bond donors (Lipinski definition) is 0. The molecule has 2 heterocycles. The monoisotopic (exact) mass is 339 g/mol. The van der Waals surface area contributed by atoms with E-state index in [9.17, 15) is 0 Å². The smallest absolute Gasteiger partial charge is 0.231 e. The first-order valence-corrected chi connectivity index (χ1v) is 9.54. The minimum absolute atomic E-state index is 0.343. The Morgan fingerprint density at radius 1 is 1.04 bits per heavy atom. The van der Waals surface area contributed by atoms with E-state index in [2.05, 4.69) is 42.2 Å². The molecule has 2 aliphatic heterocycles. The Morgan fingerprint density at radius 3 is 2.72 bits per heavy atom. The third-order valence-corrected chi connectivity index (χ3v) is 4.89. The van der Waals surface area contributed by atoms with Gasteiger partial charge in [-0.05, 0) is 60.2 Å². The number of fused-ring (bicyclic) bond motifs is 2. The number of aryl methyl sites for hydroxylation is 1. The Hall–Kier alpha value is -2.00. The van der Waals surface area contributed by atoms with Crippen LogP contribution in [0.25, 0.3) is 0 Å². The van der Waals surface area contributed by atoms with Crippen molar-refractivity contribution in [1.82, 2.24) is 4.90 Å². The highest BCUT2D eigenvalue weighted by molar-refractivity contribution is 5.44. The van der Waals surface area contributed by atoms with Crippen molar-refractivity contribution in [2.45, 2.75) is 53.1 Å². The maximum Gasteiger partial charge on any atom is 0.231 e. The molecule has 0 fully saturated rings. The van der Waals surface area contributed by atoms with E-state index in [0.29, 0.717) is 6.79 Å². The normalized spacial score (nSPS) is 15.8. The van der Waals surface area contributed by atoms with Crippen molar-refractivity contribution in [3.8, 4) is 11.5 Å². The van der Waals surface area contributed by atoms with Gasteiger partial charge in [-0.15, -0.1) is 0 Å². The highest BCUT2D eigenvalue weighted by Crippen LogP contribution is 2.33. The van der Waals surface area contributed by atoms with E-state index in [0.717, 1.165) is 37.6 Å². The number of benzene rings is 2. The van der Waals surface area contributed by atoms with Gasteiger partial charge in [0.25, 0.3) is 0 Å². The van der Waals surface area contributed by atoms with Crippen LogP contribution in [-0.2, 0) is 25.9 Å². The van der Waals surface area contributed by atoms with Crippen LogP contribution in [0.5, 0.6) is 11.5 Å². The van der Waals surface area contributed by atoms with Gasteiger partial charge in [-0.25, -0.2) is 0 Å². The Morgan fingerprint density at radius 2 is 1.88 bits per heavy atom. The number of hydrogen-bond acceptors (Lipinski definition) is 3. The molecule has 0 unspecified atom stereocenters. The highest BCUT2D eigenvalue weighted by Gasteiger charge is 2.18. The van der Waals surface area contributed by atoms with Crippen LogP contribution in [0, 0.1) is 0 Å². The maximum atomic E-state index is 5.50. The van der Waals surface area contributed by atoms with Gasteiger partial charge in [-0.3, -0.25) is 4.90 Å². The second-order valence-electron chi connectivity index (χ2n) is 6.41. The van der Waals surface area contributed by atoms with Crippen molar-refractivity contribution in [3.63, 3.8) is 0 Å². The summed E-state index contributed by atoms with van der Waals surface area (Å²) in [5.74, 6) is 1.74. The zero-order valence-corrected chi connectivity index (χ0v) is 15.7. The van der Waals surface area contributed by atoms with Gasteiger partial charge in [0.05, 0.1) is 0 Å². The van der Waals surface area contributed by atoms with E-state index in [1.807, 2.05) is 19.9 Å². The van der Waals surface area contributed by atoms with Gasteiger partial charge in [0.1, 0.15) is 0 Å². The third kappa shape index (κ3) is 3.98. The molecule has 0 aromatic heterocycles. The molecule has 0 radical (unpaired) electrons. The summed E-state index contributed by atoms with van der Waals surface area (Å²) in [6.45, 7) is 9.75. The first kappa shape index (κ1) is 17.8. The molecule has 2 aliphatic rings. The Labute approximate surface area is 151 Å². The van der Waals surface area contributed by atoms with Crippen molar-refractivity contribution >= 4 is 0 Å². The summed E-state index contributed by atoms with van der Waals surface area (Å²) < 4.78 is 10.9. The second kappa shape index (κ2) is 8.39. The number of rotatable bonds is 3. The first-order valence-electron chi connectivity index (χ1n) is 9.54. The van der Waals surface area contributed by atoms with Gasteiger partial charge in [0, 0.05) is 13.1 Å². The SMILES string of the molecule is CC.CCc1cccc2c1CCCN(Cc1ccc3c(c1)OCO3)C2. The van der Waals surface area contributed by atoms with Gasteiger partial charge >= 0.3 is 0 Å². The quantitative estimate of drug-likeness (QED) is 0.789. The van der Waals surface area contributed by atoms with Crippen LogP contribution in [0.3, 0.4) is 0 Å². The van der Waals surface area contributed by atoms with Gasteiger partial charge in [0.2, 0.25) is 6.79 Å². The molecule has 0 saturated heterocycles. The van der Waals surface area contributed by atoms with Crippen LogP contribution in [0.4, 0.5) is 0 Å². The molecular weight excluding hydrogens is 310 g/mol. The summed E-state index contributed by atoms with van der Waals surface area (Å²) in [6, 6.07) is 13.1. The molecule has 0 atom stereocenters. The van der Waals surface area contributed by atoms with Gasteiger partial charge in [0.15, 0.2) is 11.5 Å². The third-order valence-electron chi connectivity index (χ3n) is 4.89. The van der Waals surface area contributed by atoms with Crippen molar-refractivity contribution in [2.24, 2.45) is 0 Å². The van der Waals surface area contributed by atoms with Crippen LogP contribution in [0.1, 0.15) is 49.4 Å². The summed E-state index contributed by atoms with van der Waals surface area (Å²) in [7, 11) is 0. The molecule has 0 amide bonds. The van der Waals surface area contributed by atoms with Gasteiger partial charge < -0.3 is 9.47 Å². The second-order valence-corrected chi connectivity index (χ2v) is 6.41. The lowest BCUT2D eigenvalue weighted by atomic mass is 9.96. The van der Waals surface area contributed by atoms with Gasteiger partial charge in [-0.2, -0.15) is 0 Å². The zero-order chi connectivity index (χ0) is 17.6. The van der Waals surface area contributed by atoms with Crippen LogP contribution in [0.2, 0.25) is 0 Å². The summed E-state index contributed by atoms with van der Waals surface area (Å²) >= 11 is 0. The molecule has 0 saturated carbocycles. The summed E-state index contributed by atoms with van der Waals surface area (Å²) in [5, 5.41) is 0. The van der Waals surface area contributed by atoms with Crippen LogP contribution in [0.15, 0.2) is 36.4 Å². The van der Waals surface area contributed by atoms with Crippen molar-refractivity contribution in [2.75, 3.05) is 13.3 Å².